The Kier molecular flexibility index (Phi) is 5.15. The van der Waals surface area contributed by atoms with Crippen molar-refractivity contribution in [3.05, 3.63) is 46.8 Å². The Bertz CT molecular complexity index is 451. The van der Waals surface area contributed by atoms with Gasteiger partial charge in [0.15, 0.2) is 0 Å². The predicted octanol–water partition coefficient (Wildman–Crippen LogP) is 4.68. The van der Waals surface area contributed by atoms with Crippen LogP contribution in [-0.4, -0.2) is 6.54 Å². The van der Waals surface area contributed by atoms with E-state index in [4.69, 9.17) is 0 Å². The van der Waals surface area contributed by atoms with Crippen molar-refractivity contribution < 1.29 is 4.39 Å². The van der Waals surface area contributed by atoms with Crippen LogP contribution >= 0.6 is 0 Å². The first-order chi connectivity index (χ1) is 9.22. The summed E-state index contributed by atoms with van der Waals surface area (Å²) < 4.78 is 13.8. The lowest BCUT2D eigenvalue weighted by Gasteiger charge is -2.25. The summed E-state index contributed by atoms with van der Waals surface area (Å²) in [5, 5.41) is 3.57. The van der Waals surface area contributed by atoms with Crippen LogP contribution in [0.1, 0.15) is 56.2 Å². The van der Waals surface area contributed by atoms with Crippen molar-refractivity contribution in [3.8, 4) is 0 Å². The van der Waals surface area contributed by atoms with E-state index in [1.54, 1.807) is 6.07 Å². The molecule has 0 saturated heterocycles. The molecule has 1 unspecified atom stereocenters. The van der Waals surface area contributed by atoms with Gasteiger partial charge in [0.1, 0.15) is 5.82 Å². The first-order valence-electron chi connectivity index (χ1n) is 7.40. The van der Waals surface area contributed by atoms with Crippen LogP contribution in [0.25, 0.3) is 0 Å². The van der Waals surface area contributed by atoms with Gasteiger partial charge in [0, 0.05) is 0 Å². The highest BCUT2D eigenvalue weighted by Crippen LogP contribution is 2.30. The molecule has 0 saturated carbocycles. The molecule has 0 heterocycles. The van der Waals surface area contributed by atoms with Gasteiger partial charge in [0.25, 0.3) is 0 Å². The first-order valence-corrected chi connectivity index (χ1v) is 7.40. The number of hydrogen-bond donors (Lipinski definition) is 1. The van der Waals surface area contributed by atoms with Gasteiger partial charge >= 0.3 is 0 Å². The molecule has 0 aromatic heterocycles. The highest BCUT2D eigenvalue weighted by molar-refractivity contribution is 5.32. The normalized spacial score (nSPS) is 17.1. The second-order valence-electron chi connectivity index (χ2n) is 5.42. The number of nitrogens with one attached hydrogen (secondary N) is 1. The summed E-state index contributed by atoms with van der Waals surface area (Å²) in [6.45, 7) is 4.94. The number of rotatable bonds is 5. The number of allylic oxidation sites excluding steroid dienone is 1. The zero-order chi connectivity index (χ0) is 13.7. The molecule has 2 heteroatoms. The van der Waals surface area contributed by atoms with Crippen molar-refractivity contribution in [1.82, 2.24) is 5.32 Å². The Morgan fingerprint density at radius 2 is 2.16 bits per heavy atom. The number of hydrogen-bond acceptors (Lipinski definition) is 1. The SMILES string of the molecule is CCCNC(C1=CCCCC1)c1ccc(C)c(F)c1. The monoisotopic (exact) mass is 261 g/mol. The van der Waals surface area contributed by atoms with Gasteiger partial charge in [-0.15, -0.1) is 0 Å². The standard InChI is InChI=1S/C17H24FN/c1-3-11-19-17(14-7-5-4-6-8-14)15-10-9-13(2)16(18)12-15/h7,9-10,12,17,19H,3-6,8,11H2,1-2H3. The molecule has 1 atom stereocenters. The van der Waals surface area contributed by atoms with E-state index in [0.717, 1.165) is 36.9 Å². The number of halogens is 1. The molecular weight excluding hydrogens is 237 g/mol. The van der Waals surface area contributed by atoms with Crippen LogP contribution < -0.4 is 5.32 Å². The first kappa shape index (κ1) is 14.3. The second-order valence-corrected chi connectivity index (χ2v) is 5.42. The van der Waals surface area contributed by atoms with E-state index in [9.17, 15) is 4.39 Å². The minimum absolute atomic E-state index is 0.0998. The van der Waals surface area contributed by atoms with Crippen LogP contribution in [0.15, 0.2) is 29.8 Å². The summed E-state index contributed by atoms with van der Waals surface area (Å²) in [5.74, 6) is -0.0998. The summed E-state index contributed by atoms with van der Waals surface area (Å²) in [5.41, 5.74) is 3.21. The Morgan fingerprint density at radius 3 is 2.79 bits per heavy atom. The summed E-state index contributed by atoms with van der Waals surface area (Å²) in [6, 6.07) is 5.82. The Labute approximate surface area is 115 Å². The minimum Gasteiger partial charge on any atom is -0.307 e. The van der Waals surface area contributed by atoms with E-state index in [2.05, 4.69) is 24.4 Å². The molecule has 0 fully saturated rings. The molecule has 0 amide bonds. The predicted molar refractivity (Wildman–Crippen MR) is 78.7 cm³/mol. The van der Waals surface area contributed by atoms with E-state index in [1.807, 2.05) is 13.0 Å². The molecule has 0 aliphatic heterocycles. The molecule has 0 spiro atoms. The summed E-state index contributed by atoms with van der Waals surface area (Å²) in [4.78, 5) is 0. The van der Waals surface area contributed by atoms with Gasteiger partial charge < -0.3 is 5.32 Å². The fraction of sp³-hybridized carbons (Fsp3) is 0.529. The van der Waals surface area contributed by atoms with Crippen molar-refractivity contribution in [2.75, 3.05) is 6.54 Å². The fourth-order valence-electron chi connectivity index (χ4n) is 2.67. The summed E-state index contributed by atoms with van der Waals surface area (Å²) in [6.07, 6.45) is 8.27. The Balaban J connectivity index is 2.25. The largest absolute Gasteiger partial charge is 0.307 e. The van der Waals surface area contributed by atoms with E-state index >= 15 is 0 Å². The third kappa shape index (κ3) is 3.66. The topological polar surface area (TPSA) is 12.0 Å². The second kappa shape index (κ2) is 6.85. The lowest BCUT2D eigenvalue weighted by molar-refractivity contribution is 0.541. The van der Waals surface area contributed by atoms with Gasteiger partial charge in [0.05, 0.1) is 6.04 Å². The van der Waals surface area contributed by atoms with Crippen LogP contribution in [0.3, 0.4) is 0 Å². The van der Waals surface area contributed by atoms with E-state index in [-0.39, 0.29) is 11.9 Å². The van der Waals surface area contributed by atoms with Gasteiger partial charge in [-0.3, -0.25) is 0 Å². The van der Waals surface area contributed by atoms with Crippen LogP contribution in [-0.2, 0) is 0 Å². The molecule has 1 aromatic rings. The van der Waals surface area contributed by atoms with Crippen molar-refractivity contribution in [1.29, 1.82) is 0 Å². The van der Waals surface area contributed by atoms with E-state index < -0.39 is 0 Å². The van der Waals surface area contributed by atoms with Crippen molar-refractivity contribution in [3.63, 3.8) is 0 Å². The van der Waals surface area contributed by atoms with Crippen molar-refractivity contribution in [2.24, 2.45) is 0 Å². The molecule has 1 nitrogen and oxygen atoms in total. The third-order valence-electron chi connectivity index (χ3n) is 3.82. The van der Waals surface area contributed by atoms with Crippen LogP contribution in [0, 0.1) is 12.7 Å². The van der Waals surface area contributed by atoms with E-state index in [0.29, 0.717) is 0 Å². The summed E-state index contributed by atoms with van der Waals surface area (Å²) in [7, 11) is 0. The van der Waals surface area contributed by atoms with Gasteiger partial charge in [-0.1, -0.05) is 30.7 Å². The maximum absolute atomic E-state index is 13.8. The van der Waals surface area contributed by atoms with Crippen LogP contribution in [0.5, 0.6) is 0 Å². The third-order valence-corrected chi connectivity index (χ3v) is 3.82. The van der Waals surface area contributed by atoms with Gasteiger partial charge in [-0.25, -0.2) is 4.39 Å². The van der Waals surface area contributed by atoms with E-state index in [1.165, 1.54) is 18.4 Å². The number of benzene rings is 1. The van der Waals surface area contributed by atoms with Crippen molar-refractivity contribution in [2.45, 2.75) is 52.0 Å². The highest BCUT2D eigenvalue weighted by Gasteiger charge is 2.18. The molecule has 19 heavy (non-hydrogen) atoms. The molecule has 104 valence electrons. The molecule has 1 aliphatic carbocycles. The van der Waals surface area contributed by atoms with Gasteiger partial charge in [0.2, 0.25) is 0 Å². The fourth-order valence-corrected chi connectivity index (χ4v) is 2.67. The molecule has 1 aliphatic rings. The molecule has 1 N–H and O–H groups in total. The average Bonchev–Trinajstić information content (AvgIpc) is 2.44. The van der Waals surface area contributed by atoms with Crippen LogP contribution in [0.2, 0.25) is 0 Å². The zero-order valence-corrected chi connectivity index (χ0v) is 12.0. The molecule has 1 aromatic carbocycles. The minimum atomic E-state index is -0.0998. The van der Waals surface area contributed by atoms with Crippen molar-refractivity contribution >= 4 is 0 Å². The zero-order valence-electron chi connectivity index (χ0n) is 12.0. The average molecular weight is 261 g/mol. The Hall–Kier alpha value is -1.15. The molecular formula is C17H24FN. The quantitative estimate of drug-likeness (QED) is 0.759. The smallest absolute Gasteiger partial charge is 0.126 e. The van der Waals surface area contributed by atoms with Gasteiger partial charge in [-0.2, -0.15) is 0 Å². The highest BCUT2D eigenvalue weighted by atomic mass is 19.1. The number of aryl methyl sites for hydroxylation is 1. The van der Waals surface area contributed by atoms with Gasteiger partial charge in [-0.05, 0) is 62.8 Å². The molecule has 0 bridgehead atoms. The lowest BCUT2D eigenvalue weighted by atomic mass is 9.89. The van der Waals surface area contributed by atoms with Crippen LogP contribution in [0.4, 0.5) is 4.39 Å². The molecule has 2 rings (SSSR count). The Morgan fingerprint density at radius 1 is 1.32 bits per heavy atom. The summed E-state index contributed by atoms with van der Waals surface area (Å²) >= 11 is 0. The maximum Gasteiger partial charge on any atom is 0.126 e. The maximum atomic E-state index is 13.8. The lowest BCUT2D eigenvalue weighted by Crippen LogP contribution is -2.25. The molecule has 0 radical (unpaired) electrons.